The number of hydroxylamine groups is 1. The second-order valence-corrected chi connectivity index (χ2v) is 7.92. The van der Waals surface area contributed by atoms with E-state index in [1.165, 1.54) is 23.0 Å². The number of halogens is 1. The van der Waals surface area contributed by atoms with Gasteiger partial charge in [-0.1, -0.05) is 13.8 Å². The molecule has 1 unspecified atom stereocenters. The molecule has 0 spiro atoms. The number of nitrogens with zero attached hydrogens (tertiary/aromatic N) is 5. The fraction of sp³-hybridized carbons (Fsp3) is 0.455. The standard InChI is InChI=1S/C22H26FN5O3/c1-4-30-22(29)17-13-25-27-9-7-20(26-21(17)27)28-19(8-10-31-28)16-11-15(23)12-24-18(16)6-5-14(2)3/h7,9,11-14,19H,4-6,8,10H2,1-3H3. The van der Waals surface area contributed by atoms with Crippen LogP contribution in [-0.2, 0) is 16.0 Å². The van der Waals surface area contributed by atoms with Gasteiger partial charge >= 0.3 is 5.97 Å². The highest BCUT2D eigenvalue weighted by atomic mass is 19.1. The number of esters is 1. The largest absolute Gasteiger partial charge is 0.462 e. The van der Waals surface area contributed by atoms with Crippen LogP contribution >= 0.6 is 0 Å². The summed E-state index contributed by atoms with van der Waals surface area (Å²) in [5, 5.41) is 5.85. The van der Waals surface area contributed by atoms with Crippen molar-refractivity contribution < 1.29 is 18.8 Å². The molecule has 31 heavy (non-hydrogen) atoms. The molecule has 3 aromatic rings. The maximum Gasteiger partial charge on any atom is 0.343 e. The number of aromatic nitrogens is 4. The highest BCUT2D eigenvalue weighted by molar-refractivity contribution is 5.95. The van der Waals surface area contributed by atoms with Gasteiger partial charge in [-0.05, 0) is 31.7 Å². The van der Waals surface area contributed by atoms with Gasteiger partial charge in [0.1, 0.15) is 11.4 Å². The van der Waals surface area contributed by atoms with Crippen molar-refractivity contribution >= 4 is 17.4 Å². The Kier molecular flexibility index (Phi) is 6.13. The summed E-state index contributed by atoms with van der Waals surface area (Å²) >= 11 is 0. The molecule has 0 radical (unpaired) electrons. The van der Waals surface area contributed by atoms with Gasteiger partial charge in [0.05, 0.1) is 31.6 Å². The number of aryl methyl sites for hydroxylation is 1. The average Bonchev–Trinajstić information content (AvgIpc) is 3.39. The molecule has 1 saturated heterocycles. The number of hydrogen-bond donors (Lipinski definition) is 0. The van der Waals surface area contributed by atoms with E-state index in [1.807, 2.05) is 0 Å². The number of ether oxygens (including phenoxy) is 1. The van der Waals surface area contributed by atoms with E-state index in [2.05, 4.69) is 28.9 Å². The van der Waals surface area contributed by atoms with Crippen molar-refractivity contribution in [2.45, 2.75) is 46.1 Å². The van der Waals surface area contributed by atoms with Crippen molar-refractivity contribution in [1.29, 1.82) is 0 Å². The summed E-state index contributed by atoms with van der Waals surface area (Å²) in [7, 11) is 0. The molecule has 8 nitrogen and oxygen atoms in total. The van der Waals surface area contributed by atoms with Gasteiger partial charge < -0.3 is 4.74 Å². The van der Waals surface area contributed by atoms with Crippen LogP contribution in [0.1, 0.15) is 61.3 Å². The highest BCUT2D eigenvalue weighted by Crippen LogP contribution is 2.36. The van der Waals surface area contributed by atoms with Crippen LogP contribution in [0.3, 0.4) is 0 Å². The van der Waals surface area contributed by atoms with Crippen molar-refractivity contribution in [3.63, 3.8) is 0 Å². The first-order valence-corrected chi connectivity index (χ1v) is 10.6. The third-order valence-corrected chi connectivity index (χ3v) is 5.27. The van der Waals surface area contributed by atoms with Crippen molar-refractivity contribution in [3.05, 3.63) is 53.4 Å². The predicted molar refractivity (Wildman–Crippen MR) is 112 cm³/mol. The highest BCUT2D eigenvalue weighted by Gasteiger charge is 2.32. The number of anilines is 1. The predicted octanol–water partition coefficient (Wildman–Crippen LogP) is 3.91. The Bertz CT molecular complexity index is 1080. The van der Waals surface area contributed by atoms with Crippen molar-refractivity contribution in [3.8, 4) is 0 Å². The minimum Gasteiger partial charge on any atom is -0.462 e. The van der Waals surface area contributed by atoms with Crippen molar-refractivity contribution in [2.75, 3.05) is 18.3 Å². The van der Waals surface area contributed by atoms with Crippen LogP contribution in [0.25, 0.3) is 5.65 Å². The maximum atomic E-state index is 14.1. The normalized spacial score (nSPS) is 16.4. The lowest BCUT2D eigenvalue weighted by atomic mass is 9.97. The lowest BCUT2D eigenvalue weighted by molar-refractivity contribution is 0.0528. The van der Waals surface area contributed by atoms with E-state index in [0.717, 1.165) is 24.1 Å². The second kappa shape index (κ2) is 8.97. The Morgan fingerprint density at radius 1 is 1.39 bits per heavy atom. The molecule has 0 bridgehead atoms. The molecule has 4 rings (SSSR count). The first kappa shape index (κ1) is 21.2. The molecule has 1 atom stereocenters. The van der Waals surface area contributed by atoms with Crippen LogP contribution in [0, 0.1) is 11.7 Å². The fourth-order valence-corrected chi connectivity index (χ4v) is 3.72. The van der Waals surface area contributed by atoms with E-state index in [-0.39, 0.29) is 24.0 Å². The van der Waals surface area contributed by atoms with Crippen LogP contribution in [-0.4, -0.2) is 38.8 Å². The summed E-state index contributed by atoms with van der Waals surface area (Å²) in [4.78, 5) is 27.1. The maximum absolute atomic E-state index is 14.1. The van der Waals surface area contributed by atoms with Crippen molar-refractivity contribution in [2.24, 2.45) is 5.92 Å². The van der Waals surface area contributed by atoms with Gasteiger partial charge in [0.25, 0.3) is 0 Å². The number of carbonyl (C=O) groups is 1. The molecule has 9 heteroatoms. The third-order valence-electron chi connectivity index (χ3n) is 5.27. The minimum atomic E-state index is -0.480. The minimum absolute atomic E-state index is 0.228. The van der Waals surface area contributed by atoms with E-state index >= 15 is 0 Å². The van der Waals surface area contributed by atoms with Crippen LogP contribution in [0.5, 0.6) is 0 Å². The van der Waals surface area contributed by atoms with Gasteiger partial charge in [0, 0.05) is 29.9 Å². The van der Waals surface area contributed by atoms with Gasteiger partial charge in [0.2, 0.25) is 0 Å². The van der Waals surface area contributed by atoms with Gasteiger partial charge in [-0.15, -0.1) is 0 Å². The first-order chi connectivity index (χ1) is 15.0. The number of rotatable bonds is 7. The molecule has 4 heterocycles. The fourth-order valence-electron chi connectivity index (χ4n) is 3.72. The number of hydrogen-bond acceptors (Lipinski definition) is 7. The SMILES string of the molecule is CCOC(=O)c1cnn2ccc(N3OCCC3c3cc(F)cnc3CCC(C)C)nc12. The number of pyridine rings is 1. The summed E-state index contributed by atoms with van der Waals surface area (Å²) in [5.74, 6) is 0.174. The smallest absolute Gasteiger partial charge is 0.343 e. The lowest BCUT2D eigenvalue weighted by Crippen LogP contribution is -2.24. The molecule has 0 aliphatic carbocycles. The van der Waals surface area contributed by atoms with Gasteiger partial charge in [0.15, 0.2) is 11.5 Å². The summed E-state index contributed by atoms with van der Waals surface area (Å²) in [6.07, 6.45) is 6.82. The lowest BCUT2D eigenvalue weighted by Gasteiger charge is -2.25. The Labute approximate surface area is 180 Å². The second-order valence-electron chi connectivity index (χ2n) is 7.92. The van der Waals surface area contributed by atoms with Crippen molar-refractivity contribution in [1.82, 2.24) is 19.6 Å². The molecular formula is C22H26FN5O3. The van der Waals surface area contributed by atoms with Crippen LogP contribution in [0.15, 0.2) is 30.7 Å². The van der Waals surface area contributed by atoms with E-state index < -0.39 is 5.97 Å². The van der Waals surface area contributed by atoms with E-state index in [4.69, 9.17) is 9.57 Å². The number of carbonyl (C=O) groups excluding carboxylic acids is 1. The quantitative estimate of drug-likeness (QED) is 0.529. The zero-order valence-electron chi connectivity index (χ0n) is 17.9. The summed E-state index contributed by atoms with van der Waals surface area (Å²) in [5.41, 5.74) is 2.33. The molecule has 1 fully saturated rings. The van der Waals surface area contributed by atoms with Gasteiger partial charge in [-0.25, -0.2) is 23.7 Å². The Hall–Kier alpha value is -3.07. The molecule has 3 aromatic heterocycles. The molecule has 0 saturated carbocycles. The summed E-state index contributed by atoms with van der Waals surface area (Å²) < 4.78 is 20.7. The molecule has 0 N–H and O–H groups in total. The van der Waals surface area contributed by atoms with Crippen LogP contribution < -0.4 is 5.06 Å². The zero-order chi connectivity index (χ0) is 22.0. The average molecular weight is 427 g/mol. The molecule has 0 aromatic carbocycles. The molecule has 1 aliphatic heterocycles. The molecule has 1 aliphatic rings. The van der Waals surface area contributed by atoms with E-state index in [1.54, 1.807) is 24.3 Å². The third kappa shape index (κ3) is 4.36. The molecule has 0 amide bonds. The molecular weight excluding hydrogens is 401 g/mol. The van der Waals surface area contributed by atoms with Crippen LogP contribution in [0.2, 0.25) is 0 Å². The Morgan fingerprint density at radius 2 is 2.23 bits per heavy atom. The Morgan fingerprint density at radius 3 is 3.00 bits per heavy atom. The molecule has 164 valence electrons. The zero-order valence-corrected chi connectivity index (χ0v) is 17.9. The Balaban J connectivity index is 1.69. The van der Waals surface area contributed by atoms with Crippen LogP contribution in [0.4, 0.5) is 10.2 Å². The summed E-state index contributed by atoms with van der Waals surface area (Å²) in [6.45, 7) is 6.79. The van der Waals surface area contributed by atoms with Gasteiger partial charge in [-0.2, -0.15) is 5.10 Å². The first-order valence-electron chi connectivity index (χ1n) is 10.6. The van der Waals surface area contributed by atoms with E-state index in [0.29, 0.717) is 30.4 Å². The number of fused-ring (bicyclic) bond motifs is 1. The van der Waals surface area contributed by atoms with Gasteiger partial charge in [-0.3, -0.25) is 9.82 Å². The topological polar surface area (TPSA) is 81.8 Å². The summed E-state index contributed by atoms with van der Waals surface area (Å²) in [6, 6.07) is 3.07. The van der Waals surface area contributed by atoms with E-state index in [9.17, 15) is 9.18 Å². The monoisotopic (exact) mass is 427 g/mol.